The fourth-order valence-electron chi connectivity index (χ4n) is 2.81. The van der Waals surface area contributed by atoms with Crippen LogP contribution in [0.1, 0.15) is 34.0 Å². The maximum atomic E-state index is 12.2. The lowest BCUT2D eigenvalue weighted by Gasteiger charge is -2.06. The zero-order valence-corrected chi connectivity index (χ0v) is 15.7. The number of Topliss-reactive ketones (excluding diaryl/α,β-unsaturated/α-hetero) is 1. The summed E-state index contributed by atoms with van der Waals surface area (Å²) in [5.41, 5.74) is 4.24. The van der Waals surface area contributed by atoms with Gasteiger partial charge in [0.25, 0.3) is 0 Å². The first kappa shape index (κ1) is 18.7. The molecule has 0 bridgehead atoms. The highest BCUT2D eigenvalue weighted by atomic mass is 16.5. The molecule has 0 spiro atoms. The van der Waals surface area contributed by atoms with E-state index < -0.39 is 5.97 Å². The van der Waals surface area contributed by atoms with Crippen LogP contribution in [-0.4, -0.2) is 25.0 Å². The Kier molecular flexibility index (Phi) is 5.60. The van der Waals surface area contributed by atoms with E-state index in [0.29, 0.717) is 17.9 Å². The van der Waals surface area contributed by atoms with E-state index >= 15 is 0 Å². The minimum atomic E-state index is -0.463. The first-order chi connectivity index (χ1) is 13.0. The summed E-state index contributed by atoms with van der Waals surface area (Å²) in [5, 5.41) is 0.896. The van der Waals surface area contributed by atoms with Crippen molar-refractivity contribution in [1.29, 1.82) is 0 Å². The van der Waals surface area contributed by atoms with Gasteiger partial charge in [-0.15, -0.1) is 0 Å². The Morgan fingerprint density at radius 1 is 1.04 bits per heavy atom. The first-order valence-electron chi connectivity index (χ1n) is 8.87. The number of ether oxygens (including phenoxy) is 2. The third-order valence-electron chi connectivity index (χ3n) is 4.46. The molecule has 0 saturated carbocycles. The number of carbonyl (C=O) groups is 2. The van der Waals surface area contributed by atoms with Gasteiger partial charge in [0.15, 0.2) is 12.4 Å². The molecule has 27 heavy (non-hydrogen) atoms. The van der Waals surface area contributed by atoms with E-state index in [1.165, 1.54) is 0 Å². The number of fused-ring (bicyclic) bond motifs is 1. The van der Waals surface area contributed by atoms with E-state index in [4.69, 9.17) is 13.9 Å². The van der Waals surface area contributed by atoms with Crippen molar-refractivity contribution in [3.8, 4) is 5.75 Å². The lowest BCUT2D eigenvalue weighted by molar-refractivity contribution is -0.141. The Morgan fingerprint density at radius 3 is 2.44 bits per heavy atom. The van der Waals surface area contributed by atoms with Crippen molar-refractivity contribution in [2.45, 2.75) is 27.2 Å². The summed E-state index contributed by atoms with van der Waals surface area (Å²) in [6, 6.07) is 10.7. The monoisotopic (exact) mass is 366 g/mol. The topological polar surface area (TPSA) is 65.7 Å². The van der Waals surface area contributed by atoms with Crippen molar-refractivity contribution >= 4 is 22.7 Å². The zero-order valence-electron chi connectivity index (χ0n) is 15.7. The highest BCUT2D eigenvalue weighted by Crippen LogP contribution is 2.25. The number of rotatable bonds is 7. The van der Waals surface area contributed by atoms with Crippen LogP contribution in [0.5, 0.6) is 5.75 Å². The van der Waals surface area contributed by atoms with Crippen LogP contribution in [0, 0.1) is 13.8 Å². The molecule has 0 aliphatic heterocycles. The molecule has 0 N–H and O–H groups in total. The Balaban J connectivity index is 1.59. The summed E-state index contributed by atoms with van der Waals surface area (Å²) in [6.07, 6.45) is 1.63. The van der Waals surface area contributed by atoms with E-state index in [1.54, 1.807) is 30.5 Å². The molecule has 2 aromatic carbocycles. The van der Waals surface area contributed by atoms with Gasteiger partial charge in [0, 0.05) is 16.5 Å². The number of hydrogen-bond donors (Lipinski definition) is 0. The second-order valence-corrected chi connectivity index (χ2v) is 6.41. The van der Waals surface area contributed by atoms with Gasteiger partial charge in [0.2, 0.25) is 0 Å². The molecule has 0 aliphatic carbocycles. The number of benzene rings is 2. The van der Waals surface area contributed by atoms with E-state index in [1.807, 2.05) is 32.9 Å². The van der Waals surface area contributed by atoms with E-state index in [9.17, 15) is 9.59 Å². The third-order valence-corrected chi connectivity index (χ3v) is 4.46. The number of esters is 1. The van der Waals surface area contributed by atoms with Crippen molar-refractivity contribution in [3.63, 3.8) is 0 Å². The van der Waals surface area contributed by atoms with E-state index in [2.05, 4.69) is 0 Å². The SMILES string of the molecule is CCOc1ccc(C(=O)COC(=O)Cc2coc3cc(C)c(C)cc23)cc1. The van der Waals surface area contributed by atoms with Crippen molar-refractivity contribution in [1.82, 2.24) is 0 Å². The van der Waals surface area contributed by atoms with Gasteiger partial charge in [-0.1, -0.05) is 0 Å². The van der Waals surface area contributed by atoms with Crippen LogP contribution in [0.3, 0.4) is 0 Å². The van der Waals surface area contributed by atoms with Crippen LogP contribution in [-0.2, 0) is 16.0 Å². The van der Waals surface area contributed by atoms with Gasteiger partial charge in [0.1, 0.15) is 11.3 Å². The van der Waals surface area contributed by atoms with E-state index in [0.717, 1.165) is 27.7 Å². The smallest absolute Gasteiger partial charge is 0.310 e. The summed E-state index contributed by atoms with van der Waals surface area (Å²) in [5.74, 6) is -0.0199. The summed E-state index contributed by atoms with van der Waals surface area (Å²) in [4.78, 5) is 24.3. The van der Waals surface area contributed by atoms with E-state index in [-0.39, 0.29) is 18.8 Å². The van der Waals surface area contributed by atoms with Crippen LogP contribution in [0.25, 0.3) is 11.0 Å². The molecule has 1 heterocycles. The maximum absolute atomic E-state index is 12.2. The lowest BCUT2D eigenvalue weighted by atomic mass is 10.0. The van der Waals surface area contributed by atoms with Crippen LogP contribution in [0.4, 0.5) is 0 Å². The van der Waals surface area contributed by atoms with Crippen LogP contribution < -0.4 is 4.74 Å². The molecule has 5 heteroatoms. The van der Waals surface area contributed by atoms with Gasteiger partial charge >= 0.3 is 5.97 Å². The van der Waals surface area contributed by atoms with Crippen molar-refractivity contribution in [2.75, 3.05) is 13.2 Å². The zero-order chi connectivity index (χ0) is 19.4. The molecule has 0 aliphatic rings. The van der Waals surface area contributed by atoms with Gasteiger partial charge in [-0.3, -0.25) is 9.59 Å². The molecule has 0 saturated heterocycles. The average molecular weight is 366 g/mol. The normalized spacial score (nSPS) is 10.8. The second-order valence-electron chi connectivity index (χ2n) is 6.41. The third kappa shape index (κ3) is 4.37. The Hall–Kier alpha value is -3.08. The molecule has 0 unspecified atom stereocenters. The molecule has 0 amide bonds. The summed E-state index contributed by atoms with van der Waals surface area (Å²) in [7, 11) is 0. The molecule has 0 radical (unpaired) electrons. The van der Waals surface area contributed by atoms with Gasteiger partial charge in [-0.05, 0) is 68.3 Å². The summed E-state index contributed by atoms with van der Waals surface area (Å²) < 4.78 is 16.0. The van der Waals surface area contributed by atoms with Crippen LogP contribution >= 0.6 is 0 Å². The molecule has 0 fully saturated rings. The fraction of sp³-hybridized carbons (Fsp3) is 0.273. The predicted octanol–water partition coefficient (Wildman–Crippen LogP) is 4.42. The molecular weight excluding hydrogens is 344 g/mol. The number of carbonyl (C=O) groups excluding carboxylic acids is 2. The van der Waals surface area contributed by atoms with Crippen molar-refractivity contribution < 1.29 is 23.5 Å². The second kappa shape index (κ2) is 8.08. The molecular formula is C22H22O5. The first-order valence-corrected chi connectivity index (χ1v) is 8.87. The van der Waals surface area contributed by atoms with Crippen molar-refractivity contribution in [2.24, 2.45) is 0 Å². The minimum absolute atomic E-state index is 0.0616. The lowest BCUT2D eigenvalue weighted by Crippen LogP contribution is -2.15. The van der Waals surface area contributed by atoms with Gasteiger partial charge < -0.3 is 13.9 Å². The molecule has 140 valence electrons. The molecule has 1 aromatic heterocycles. The average Bonchev–Trinajstić information content (AvgIpc) is 3.02. The Bertz CT molecular complexity index is 966. The number of aryl methyl sites for hydroxylation is 2. The van der Waals surface area contributed by atoms with Crippen LogP contribution in [0.2, 0.25) is 0 Å². The predicted molar refractivity (Wildman–Crippen MR) is 102 cm³/mol. The molecule has 0 atom stereocenters. The molecule has 5 nitrogen and oxygen atoms in total. The number of furan rings is 1. The summed E-state index contributed by atoms with van der Waals surface area (Å²) >= 11 is 0. The highest BCUT2D eigenvalue weighted by molar-refractivity contribution is 5.98. The van der Waals surface area contributed by atoms with Gasteiger partial charge in [-0.25, -0.2) is 0 Å². The Morgan fingerprint density at radius 2 is 1.74 bits per heavy atom. The Labute approximate surface area is 157 Å². The minimum Gasteiger partial charge on any atom is -0.494 e. The fourth-order valence-corrected chi connectivity index (χ4v) is 2.81. The standard InChI is InChI=1S/C22H22O5/c1-4-25-18-7-5-16(6-8-18)20(23)13-27-22(24)11-17-12-26-21-10-15(3)14(2)9-19(17)21/h5-10,12H,4,11,13H2,1-3H3. The summed E-state index contributed by atoms with van der Waals surface area (Å²) in [6.45, 7) is 6.19. The van der Waals surface area contributed by atoms with Gasteiger partial charge in [-0.2, -0.15) is 0 Å². The number of ketones is 1. The number of hydrogen-bond acceptors (Lipinski definition) is 5. The van der Waals surface area contributed by atoms with Gasteiger partial charge in [0.05, 0.1) is 19.3 Å². The van der Waals surface area contributed by atoms with Crippen molar-refractivity contribution in [3.05, 3.63) is 64.9 Å². The molecule has 3 rings (SSSR count). The molecule has 3 aromatic rings. The largest absolute Gasteiger partial charge is 0.494 e. The van der Waals surface area contributed by atoms with Crippen LogP contribution in [0.15, 0.2) is 47.1 Å². The highest BCUT2D eigenvalue weighted by Gasteiger charge is 2.15. The quantitative estimate of drug-likeness (QED) is 0.457. The maximum Gasteiger partial charge on any atom is 0.310 e.